The summed E-state index contributed by atoms with van der Waals surface area (Å²) in [6, 6.07) is 6.62. The Morgan fingerprint density at radius 2 is 2.18 bits per heavy atom. The molecule has 8 heteroatoms. The number of carbonyl (C=O) groups is 1. The number of hydrogen-bond donors (Lipinski definition) is 1. The number of carbonyl (C=O) groups excluding carboxylic acids is 1. The number of methoxy groups -OCH3 is 1. The summed E-state index contributed by atoms with van der Waals surface area (Å²) in [5.41, 5.74) is 1.51. The minimum absolute atomic E-state index is 0.222. The van der Waals surface area contributed by atoms with Crippen LogP contribution < -0.4 is 9.75 Å². The molecule has 0 unspecified atom stereocenters. The Hall–Kier alpha value is -2.61. The number of fused-ring (bicyclic) bond motifs is 1. The highest BCUT2D eigenvalue weighted by atomic mass is 79.9. The number of hydrazine groups is 1. The van der Waals surface area contributed by atoms with Gasteiger partial charge in [0.2, 0.25) is 0 Å². The molecule has 22 heavy (non-hydrogen) atoms. The number of aromatic nitrogens is 1. The van der Waals surface area contributed by atoms with E-state index in [0.29, 0.717) is 26.5 Å². The molecule has 0 radical (unpaired) electrons. The highest BCUT2D eigenvalue weighted by molar-refractivity contribution is 9.10. The number of halogens is 1. The number of amides is 1. The first-order valence-corrected chi connectivity index (χ1v) is 7.04. The van der Waals surface area contributed by atoms with Gasteiger partial charge < -0.3 is 9.72 Å². The number of ether oxygens (including phenoxy) is 1. The molecule has 2 aromatic rings. The van der Waals surface area contributed by atoms with Gasteiger partial charge in [-0.2, -0.15) is 0 Å². The van der Waals surface area contributed by atoms with Crippen molar-refractivity contribution in [3.8, 4) is 5.75 Å². The summed E-state index contributed by atoms with van der Waals surface area (Å²) in [6.07, 6.45) is 3.21. The lowest BCUT2D eigenvalue weighted by Crippen LogP contribution is -2.32. The van der Waals surface area contributed by atoms with E-state index in [2.05, 4.69) is 20.9 Å². The van der Waals surface area contributed by atoms with Crippen molar-refractivity contribution >= 4 is 39.2 Å². The second-order valence-electron chi connectivity index (χ2n) is 4.51. The lowest BCUT2D eigenvalue weighted by molar-refractivity contribution is -0.482. The van der Waals surface area contributed by atoms with E-state index < -0.39 is 10.9 Å². The van der Waals surface area contributed by atoms with Crippen molar-refractivity contribution in [2.45, 2.75) is 0 Å². The molecule has 1 aliphatic heterocycles. The summed E-state index contributed by atoms with van der Waals surface area (Å²) in [6.45, 7) is 0. The van der Waals surface area contributed by atoms with E-state index >= 15 is 0 Å². The molecule has 1 N–H and O–H groups in total. The van der Waals surface area contributed by atoms with Gasteiger partial charge in [-0.25, -0.2) is 10.1 Å². The van der Waals surface area contributed by atoms with E-state index in [-0.39, 0.29) is 11.3 Å². The number of H-pyrrole nitrogens is 1. The smallest absolute Gasteiger partial charge is 0.320 e. The second kappa shape index (κ2) is 5.30. The molecule has 0 bridgehead atoms. The molecule has 3 rings (SSSR count). The summed E-state index contributed by atoms with van der Waals surface area (Å²) in [5.74, 6) is -0.142. The maximum absolute atomic E-state index is 12.4. The lowest BCUT2D eigenvalue weighted by Gasteiger charge is -2.04. The molecular weight excluding hydrogens is 354 g/mol. The van der Waals surface area contributed by atoms with Crippen molar-refractivity contribution in [1.29, 1.82) is 0 Å². The van der Waals surface area contributed by atoms with E-state index in [1.165, 1.54) is 13.2 Å². The standard InChI is InChI=1S/C14H10BrN3O4/c1-22-12-5-6-16-10(12)7-8-13-9(15)3-2-4-11(13)17(14(8)19)18(20)21/h2-7,16H,1H3. The number of nitrogens with one attached hydrogen (secondary N) is 1. The van der Waals surface area contributed by atoms with Crippen molar-refractivity contribution in [3.05, 3.63) is 56.3 Å². The molecule has 0 aliphatic carbocycles. The first-order valence-electron chi connectivity index (χ1n) is 6.25. The molecule has 1 amide bonds. The monoisotopic (exact) mass is 363 g/mol. The molecule has 1 aliphatic rings. The molecule has 0 spiro atoms. The molecule has 2 heterocycles. The average molecular weight is 364 g/mol. The molecule has 1 aromatic carbocycles. The predicted octanol–water partition coefficient (Wildman–Crippen LogP) is 2.86. The van der Waals surface area contributed by atoms with Gasteiger partial charge in [0.1, 0.15) is 11.4 Å². The number of hydrogen-bond acceptors (Lipinski definition) is 4. The van der Waals surface area contributed by atoms with E-state index in [9.17, 15) is 14.9 Å². The molecular formula is C14H10BrN3O4. The predicted molar refractivity (Wildman–Crippen MR) is 83.8 cm³/mol. The van der Waals surface area contributed by atoms with Crippen LogP contribution in [-0.2, 0) is 4.79 Å². The Balaban J connectivity index is 2.22. The van der Waals surface area contributed by atoms with Crippen LogP contribution in [0.25, 0.3) is 11.6 Å². The van der Waals surface area contributed by atoms with Gasteiger partial charge in [0.25, 0.3) is 0 Å². The first kappa shape index (κ1) is 14.3. The molecule has 112 valence electrons. The quantitative estimate of drug-likeness (QED) is 0.515. The number of nitro groups is 1. The van der Waals surface area contributed by atoms with Crippen LogP contribution >= 0.6 is 15.9 Å². The fourth-order valence-electron chi connectivity index (χ4n) is 2.39. The first-order chi connectivity index (χ1) is 10.5. The van der Waals surface area contributed by atoms with Crippen molar-refractivity contribution in [2.24, 2.45) is 0 Å². The van der Waals surface area contributed by atoms with Crippen LogP contribution in [0, 0.1) is 10.1 Å². The van der Waals surface area contributed by atoms with Crippen molar-refractivity contribution in [1.82, 2.24) is 4.98 Å². The normalized spacial score (nSPS) is 15.3. The SMILES string of the molecule is COc1cc[nH]c1C=C1C(=O)N([N+](=O)[O-])c2cccc(Br)c21. The van der Waals surface area contributed by atoms with Gasteiger partial charge in [-0.3, -0.25) is 4.79 Å². The zero-order valence-corrected chi connectivity index (χ0v) is 13.0. The van der Waals surface area contributed by atoms with E-state index in [4.69, 9.17) is 4.74 Å². The van der Waals surface area contributed by atoms with E-state index in [1.54, 1.807) is 30.5 Å². The summed E-state index contributed by atoms with van der Waals surface area (Å²) in [7, 11) is 1.51. The number of aromatic amines is 1. The lowest BCUT2D eigenvalue weighted by atomic mass is 10.1. The molecule has 0 saturated heterocycles. The van der Waals surface area contributed by atoms with Gasteiger partial charge in [-0.15, -0.1) is 0 Å². The number of benzene rings is 1. The van der Waals surface area contributed by atoms with Crippen LogP contribution in [0.5, 0.6) is 5.75 Å². The molecule has 0 atom stereocenters. The van der Waals surface area contributed by atoms with Crippen molar-refractivity contribution in [2.75, 3.05) is 12.1 Å². The van der Waals surface area contributed by atoms with Gasteiger partial charge >= 0.3 is 5.91 Å². The summed E-state index contributed by atoms with van der Waals surface area (Å²) < 4.78 is 5.79. The van der Waals surface area contributed by atoms with Gasteiger partial charge in [-0.05, 0) is 29.3 Å². The number of anilines is 1. The summed E-state index contributed by atoms with van der Waals surface area (Å²) in [5, 5.41) is 11.0. The van der Waals surface area contributed by atoms with Crippen LogP contribution in [0.15, 0.2) is 34.9 Å². The molecule has 7 nitrogen and oxygen atoms in total. The third kappa shape index (κ3) is 2.08. The van der Waals surface area contributed by atoms with Crippen molar-refractivity contribution in [3.63, 3.8) is 0 Å². The van der Waals surface area contributed by atoms with Crippen molar-refractivity contribution < 1.29 is 14.6 Å². The topological polar surface area (TPSA) is 88.5 Å². The molecule has 0 saturated carbocycles. The van der Waals surface area contributed by atoms with Gasteiger partial charge in [0, 0.05) is 16.2 Å². The molecule has 1 aromatic heterocycles. The maximum Gasteiger partial charge on any atom is 0.320 e. The van der Waals surface area contributed by atoms with Gasteiger partial charge in [-0.1, -0.05) is 22.0 Å². The largest absolute Gasteiger partial charge is 0.495 e. The van der Waals surface area contributed by atoms with Crippen LogP contribution in [0.4, 0.5) is 5.69 Å². The Kier molecular flexibility index (Phi) is 3.45. The van der Waals surface area contributed by atoms with E-state index in [1.807, 2.05) is 0 Å². The summed E-state index contributed by atoms with van der Waals surface area (Å²) >= 11 is 3.35. The fraction of sp³-hybridized carbons (Fsp3) is 0.0714. The highest BCUT2D eigenvalue weighted by Gasteiger charge is 2.41. The Morgan fingerprint density at radius 1 is 1.41 bits per heavy atom. The molecule has 0 fully saturated rings. The van der Waals surface area contributed by atoms with E-state index in [0.717, 1.165) is 0 Å². The minimum atomic E-state index is -0.722. The average Bonchev–Trinajstić information content (AvgIpc) is 3.03. The third-order valence-electron chi connectivity index (χ3n) is 3.32. The third-order valence-corrected chi connectivity index (χ3v) is 3.98. The highest BCUT2D eigenvalue weighted by Crippen LogP contribution is 2.42. The van der Waals surface area contributed by atoms with Crippen LogP contribution in [0.3, 0.4) is 0 Å². The zero-order chi connectivity index (χ0) is 15.9. The maximum atomic E-state index is 12.4. The Morgan fingerprint density at radius 3 is 2.86 bits per heavy atom. The van der Waals surface area contributed by atoms with Crippen LogP contribution in [-0.4, -0.2) is 23.0 Å². The van der Waals surface area contributed by atoms with Crippen LogP contribution in [0.1, 0.15) is 11.3 Å². The zero-order valence-electron chi connectivity index (χ0n) is 11.4. The number of rotatable bonds is 3. The minimum Gasteiger partial charge on any atom is -0.495 e. The second-order valence-corrected chi connectivity index (χ2v) is 5.36. The Bertz CT molecular complexity index is 812. The summed E-state index contributed by atoms with van der Waals surface area (Å²) in [4.78, 5) is 26.6. The van der Waals surface area contributed by atoms with Gasteiger partial charge in [0.05, 0.1) is 18.4 Å². The Labute approximate surface area is 133 Å². The number of nitrogens with zero attached hydrogens (tertiary/aromatic N) is 2. The van der Waals surface area contributed by atoms with Crippen LogP contribution in [0.2, 0.25) is 0 Å². The van der Waals surface area contributed by atoms with Gasteiger partial charge in [0.15, 0.2) is 5.03 Å². The fourth-order valence-corrected chi connectivity index (χ4v) is 2.95.